The number of aliphatic hydroxyl groups is 1. The summed E-state index contributed by atoms with van der Waals surface area (Å²) in [5, 5.41) is 11.5. The summed E-state index contributed by atoms with van der Waals surface area (Å²) in [6.07, 6.45) is -0.292. The molecule has 0 saturated heterocycles. The highest BCUT2D eigenvalue weighted by molar-refractivity contribution is 9.10. The van der Waals surface area contributed by atoms with E-state index < -0.39 is 11.5 Å². The number of benzene rings is 3. The fourth-order valence-corrected chi connectivity index (χ4v) is 4.50. The van der Waals surface area contributed by atoms with Gasteiger partial charge in [-0.2, -0.15) is 0 Å². The van der Waals surface area contributed by atoms with E-state index in [1.165, 1.54) is 0 Å². The van der Waals surface area contributed by atoms with Crippen molar-refractivity contribution < 1.29 is 14.7 Å². The van der Waals surface area contributed by atoms with Gasteiger partial charge >= 0.3 is 0 Å². The number of amides is 1. The molecular formula is C25H22BrNO3. The molecule has 1 unspecified atom stereocenters. The fourth-order valence-electron chi connectivity index (χ4n) is 4.09. The van der Waals surface area contributed by atoms with Gasteiger partial charge < -0.3 is 10.0 Å². The molecule has 1 amide bonds. The summed E-state index contributed by atoms with van der Waals surface area (Å²) in [6.45, 7) is 4.14. The molecule has 4 rings (SSSR count). The highest BCUT2D eigenvalue weighted by atomic mass is 79.9. The second-order valence-corrected chi connectivity index (χ2v) is 8.63. The van der Waals surface area contributed by atoms with Gasteiger partial charge in [0.25, 0.3) is 5.91 Å². The van der Waals surface area contributed by atoms with E-state index in [1.807, 2.05) is 62.4 Å². The van der Waals surface area contributed by atoms with Crippen LogP contribution in [0.15, 0.2) is 71.2 Å². The molecular weight excluding hydrogens is 442 g/mol. The molecule has 1 atom stereocenters. The number of ketones is 1. The summed E-state index contributed by atoms with van der Waals surface area (Å²) < 4.78 is 0.886. The Bertz CT molecular complexity index is 1160. The number of aryl methyl sites for hydroxylation is 2. The molecule has 0 aromatic heterocycles. The molecule has 152 valence electrons. The van der Waals surface area contributed by atoms with E-state index >= 15 is 0 Å². The molecule has 1 N–H and O–H groups in total. The van der Waals surface area contributed by atoms with Crippen LogP contribution in [0.3, 0.4) is 0 Å². The number of Topliss-reactive ketones (excluding diaryl/α,β-unsaturated/α-hetero) is 1. The zero-order valence-corrected chi connectivity index (χ0v) is 18.4. The third-order valence-electron chi connectivity index (χ3n) is 5.62. The lowest BCUT2D eigenvalue weighted by Gasteiger charge is -2.23. The normalized spacial score (nSPS) is 17.9. The minimum atomic E-state index is -1.88. The standard InChI is InChI=1S/C25H22BrNO3/c1-16-11-12-19(17(2)13-16)23(28)14-25(30)20-8-4-6-10-22(20)27(24(25)29)15-18-7-3-5-9-21(18)26/h3-13,30H,14-15H2,1-2H3. The quantitative estimate of drug-likeness (QED) is 0.537. The van der Waals surface area contributed by atoms with Crippen LogP contribution in [0.2, 0.25) is 0 Å². The molecule has 0 radical (unpaired) electrons. The third-order valence-corrected chi connectivity index (χ3v) is 6.40. The second-order valence-electron chi connectivity index (χ2n) is 7.78. The number of para-hydroxylation sites is 1. The van der Waals surface area contributed by atoms with Crippen molar-refractivity contribution in [1.29, 1.82) is 0 Å². The van der Waals surface area contributed by atoms with Gasteiger partial charge in [-0.25, -0.2) is 0 Å². The van der Waals surface area contributed by atoms with Crippen LogP contribution in [0.1, 0.15) is 39.0 Å². The Balaban J connectivity index is 1.70. The first-order chi connectivity index (χ1) is 14.3. The Labute approximate surface area is 184 Å². The molecule has 4 nitrogen and oxygen atoms in total. The van der Waals surface area contributed by atoms with Gasteiger partial charge in [-0.3, -0.25) is 9.59 Å². The van der Waals surface area contributed by atoms with E-state index in [4.69, 9.17) is 0 Å². The average molecular weight is 464 g/mol. The van der Waals surface area contributed by atoms with Crippen LogP contribution in [-0.2, 0) is 16.9 Å². The van der Waals surface area contributed by atoms with Gasteiger partial charge in [0, 0.05) is 15.6 Å². The first-order valence-electron chi connectivity index (χ1n) is 9.79. The molecule has 3 aromatic rings. The number of nitrogens with zero attached hydrogens (tertiary/aromatic N) is 1. The van der Waals surface area contributed by atoms with E-state index in [0.29, 0.717) is 23.4 Å². The van der Waals surface area contributed by atoms with Crippen LogP contribution in [0.25, 0.3) is 0 Å². The van der Waals surface area contributed by atoms with E-state index in [1.54, 1.807) is 23.1 Å². The molecule has 1 aliphatic heterocycles. The summed E-state index contributed by atoms with van der Waals surface area (Å²) in [6, 6.07) is 20.4. The number of anilines is 1. The average Bonchev–Trinajstić information content (AvgIpc) is 2.91. The summed E-state index contributed by atoms with van der Waals surface area (Å²) in [7, 11) is 0. The summed E-state index contributed by atoms with van der Waals surface area (Å²) >= 11 is 3.52. The Morgan fingerprint density at radius 3 is 2.47 bits per heavy atom. The van der Waals surface area contributed by atoms with E-state index in [0.717, 1.165) is 21.2 Å². The first kappa shape index (κ1) is 20.5. The molecule has 30 heavy (non-hydrogen) atoms. The molecule has 1 heterocycles. The Morgan fingerprint density at radius 1 is 1.03 bits per heavy atom. The number of rotatable bonds is 5. The lowest BCUT2D eigenvalue weighted by molar-refractivity contribution is -0.136. The summed E-state index contributed by atoms with van der Waals surface area (Å²) in [4.78, 5) is 28.0. The number of carbonyl (C=O) groups is 2. The molecule has 5 heteroatoms. The largest absolute Gasteiger partial charge is 0.375 e. The maximum atomic E-state index is 13.4. The Hall–Kier alpha value is -2.76. The maximum Gasteiger partial charge on any atom is 0.264 e. The van der Waals surface area contributed by atoms with Gasteiger partial charge in [0.1, 0.15) is 0 Å². The molecule has 0 fully saturated rings. The van der Waals surface area contributed by atoms with Crippen molar-refractivity contribution in [2.75, 3.05) is 4.90 Å². The lowest BCUT2D eigenvalue weighted by Crippen LogP contribution is -2.41. The molecule has 0 aliphatic carbocycles. The smallest absolute Gasteiger partial charge is 0.264 e. The Kier molecular flexibility index (Phi) is 5.35. The van der Waals surface area contributed by atoms with Gasteiger partial charge in [0.15, 0.2) is 11.4 Å². The van der Waals surface area contributed by atoms with Crippen molar-refractivity contribution in [3.8, 4) is 0 Å². The van der Waals surface area contributed by atoms with Crippen molar-refractivity contribution in [2.24, 2.45) is 0 Å². The molecule has 1 aliphatic rings. The highest BCUT2D eigenvalue weighted by Gasteiger charge is 2.50. The maximum absolute atomic E-state index is 13.4. The number of carbonyl (C=O) groups excluding carboxylic acids is 2. The van der Waals surface area contributed by atoms with Crippen molar-refractivity contribution in [3.63, 3.8) is 0 Å². The second kappa shape index (κ2) is 7.82. The van der Waals surface area contributed by atoms with Crippen molar-refractivity contribution in [2.45, 2.75) is 32.4 Å². The summed E-state index contributed by atoms with van der Waals surface area (Å²) in [5.74, 6) is -0.724. The lowest BCUT2D eigenvalue weighted by atomic mass is 9.87. The number of halogens is 1. The predicted octanol–water partition coefficient (Wildman–Crippen LogP) is 5.07. The monoisotopic (exact) mass is 463 g/mol. The zero-order valence-electron chi connectivity index (χ0n) is 16.9. The number of hydrogen-bond donors (Lipinski definition) is 1. The Morgan fingerprint density at radius 2 is 1.73 bits per heavy atom. The molecule has 0 bridgehead atoms. The van der Waals surface area contributed by atoms with Crippen LogP contribution < -0.4 is 4.90 Å². The zero-order chi connectivity index (χ0) is 21.5. The van der Waals surface area contributed by atoms with Crippen LogP contribution in [0.4, 0.5) is 5.69 Å². The minimum absolute atomic E-state index is 0.249. The van der Waals surface area contributed by atoms with E-state index in [9.17, 15) is 14.7 Å². The van der Waals surface area contributed by atoms with Crippen molar-refractivity contribution in [3.05, 3.63) is 99.0 Å². The minimum Gasteiger partial charge on any atom is -0.375 e. The van der Waals surface area contributed by atoms with E-state index in [-0.39, 0.29) is 12.2 Å². The van der Waals surface area contributed by atoms with Gasteiger partial charge in [0.2, 0.25) is 0 Å². The topological polar surface area (TPSA) is 57.6 Å². The molecule has 0 spiro atoms. The fraction of sp³-hybridized carbons (Fsp3) is 0.200. The van der Waals surface area contributed by atoms with Crippen molar-refractivity contribution in [1.82, 2.24) is 0 Å². The van der Waals surface area contributed by atoms with Gasteiger partial charge in [0.05, 0.1) is 18.7 Å². The SMILES string of the molecule is Cc1ccc(C(=O)CC2(O)C(=O)N(Cc3ccccc3Br)c3ccccc32)c(C)c1. The molecule has 3 aromatic carbocycles. The van der Waals surface area contributed by atoms with Gasteiger partial charge in [-0.1, -0.05) is 76.1 Å². The third kappa shape index (κ3) is 3.48. The van der Waals surface area contributed by atoms with Crippen LogP contribution in [0, 0.1) is 13.8 Å². The number of fused-ring (bicyclic) bond motifs is 1. The molecule has 0 saturated carbocycles. The predicted molar refractivity (Wildman–Crippen MR) is 121 cm³/mol. The summed E-state index contributed by atoms with van der Waals surface area (Å²) in [5.41, 5.74) is 2.58. The highest BCUT2D eigenvalue weighted by Crippen LogP contribution is 2.44. The van der Waals surface area contributed by atoms with Gasteiger partial charge in [-0.15, -0.1) is 0 Å². The van der Waals surface area contributed by atoms with E-state index in [2.05, 4.69) is 15.9 Å². The first-order valence-corrected chi connectivity index (χ1v) is 10.6. The van der Waals surface area contributed by atoms with Gasteiger partial charge in [-0.05, 0) is 37.1 Å². The van der Waals surface area contributed by atoms with Crippen LogP contribution in [0.5, 0.6) is 0 Å². The van der Waals surface area contributed by atoms with Crippen LogP contribution in [-0.4, -0.2) is 16.8 Å². The number of hydrogen-bond acceptors (Lipinski definition) is 3. The van der Waals surface area contributed by atoms with Crippen LogP contribution >= 0.6 is 15.9 Å². The van der Waals surface area contributed by atoms with Crippen molar-refractivity contribution >= 4 is 33.3 Å².